The highest BCUT2D eigenvalue weighted by Gasteiger charge is 2.38. The van der Waals surface area contributed by atoms with Gasteiger partial charge in [-0.3, -0.25) is 14.3 Å². The molecule has 0 radical (unpaired) electrons. The second-order valence-electron chi connectivity index (χ2n) is 3.87. The molecule has 8 heteroatoms. The van der Waals surface area contributed by atoms with Gasteiger partial charge in [0.25, 0.3) is 5.56 Å². The summed E-state index contributed by atoms with van der Waals surface area (Å²) in [5.41, 5.74) is -1.23. The molecule has 0 saturated carbocycles. The number of hydrogen-bond donors (Lipinski definition) is 3. The van der Waals surface area contributed by atoms with E-state index in [-0.39, 0.29) is 10.6 Å². The lowest BCUT2D eigenvalue weighted by Crippen LogP contribution is -2.33. The van der Waals surface area contributed by atoms with Gasteiger partial charge in [0.1, 0.15) is 17.2 Å². The quantitative estimate of drug-likeness (QED) is 0.600. The van der Waals surface area contributed by atoms with Gasteiger partial charge < -0.3 is 14.9 Å². The van der Waals surface area contributed by atoms with E-state index in [1.165, 1.54) is 0 Å². The van der Waals surface area contributed by atoms with E-state index in [4.69, 9.17) is 21.4 Å². The lowest BCUT2D eigenvalue weighted by molar-refractivity contribution is -0.0447. The third-order valence-corrected chi connectivity index (χ3v) is 2.98. The fourth-order valence-electron chi connectivity index (χ4n) is 1.73. The van der Waals surface area contributed by atoms with Crippen molar-refractivity contribution in [3.05, 3.63) is 44.2 Å². The van der Waals surface area contributed by atoms with Crippen molar-refractivity contribution in [2.75, 3.05) is 6.61 Å². The number of aliphatic hydroxyl groups excluding tert-OH is 2. The summed E-state index contributed by atoms with van der Waals surface area (Å²) >= 11 is 5.62. The number of rotatable bonds is 2. The van der Waals surface area contributed by atoms with Crippen molar-refractivity contribution in [1.82, 2.24) is 9.55 Å². The van der Waals surface area contributed by atoms with Crippen molar-refractivity contribution in [3.63, 3.8) is 0 Å². The Morgan fingerprint density at radius 2 is 2.22 bits per heavy atom. The minimum absolute atomic E-state index is 0.187. The first kappa shape index (κ1) is 13.0. The molecule has 1 saturated heterocycles. The summed E-state index contributed by atoms with van der Waals surface area (Å²) < 4.78 is 6.28. The smallest absolute Gasteiger partial charge is 0.330 e. The summed E-state index contributed by atoms with van der Waals surface area (Å²) in [5, 5.41) is 18.5. The van der Waals surface area contributed by atoms with E-state index in [9.17, 15) is 14.7 Å². The highest BCUT2D eigenvalue weighted by molar-refractivity contribution is 6.30. The standard InChI is InChI=1S/C10H11ClN2O5/c1-4-7(15)6(3-14)18-9(4)13-2-5(11)8(16)12-10(13)17/h2,6-7,9,14-15H,1,3H2,(H,12,16,17)/t6-,7?,9-/m0/s1. The molecule has 1 unspecified atom stereocenters. The maximum absolute atomic E-state index is 11.6. The lowest BCUT2D eigenvalue weighted by atomic mass is 10.1. The van der Waals surface area contributed by atoms with Crippen LogP contribution < -0.4 is 11.2 Å². The lowest BCUT2D eigenvalue weighted by Gasteiger charge is -2.14. The summed E-state index contributed by atoms with van der Waals surface area (Å²) in [5.74, 6) is 0. The van der Waals surface area contributed by atoms with Gasteiger partial charge >= 0.3 is 5.69 Å². The average molecular weight is 275 g/mol. The van der Waals surface area contributed by atoms with Crippen LogP contribution in [-0.2, 0) is 4.74 Å². The average Bonchev–Trinajstić information content (AvgIpc) is 2.61. The molecule has 1 aliphatic heterocycles. The Bertz CT molecular complexity index is 593. The Labute approximate surface area is 106 Å². The van der Waals surface area contributed by atoms with Gasteiger partial charge in [0.2, 0.25) is 0 Å². The van der Waals surface area contributed by atoms with Crippen LogP contribution in [0.5, 0.6) is 0 Å². The van der Waals surface area contributed by atoms with E-state index in [2.05, 4.69) is 6.58 Å². The van der Waals surface area contributed by atoms with Crippen molar-refractivity contribution in [3.8, 4) is 0 Å². The number of aromatic nitrogens is 2. The summed E-state index contributed by atoms with van der Waals surface area (Å²) in [4.78, 5) is 24.7. The molecule has 0 bridgehead atoms. The van der Waals surface area contributed by atoms with E-state index in [1.54, 1.807) is 0 Å². The van der Waals surface area contributed by atoms with Crippen molar-refractivity contribution in [2.45, 2.75) is 18.4 Å². The van der Waals surface area contributed by atoms with Crippen LogP contribution in [0.3, 0.4) is 0 Å². The molecule has 1 aromatic heterocycles. The molecule has 3 N–H and O–H groups in total. The molecule has 1 aromatic rings. The van der Waals surface area contributed by atoms with Crippen LogP contribution in [-0.4, -0.2) is 38.6 Å². The SMILES string of the molecule is C=C1C(O)[C@H](CO)O[C@@H]1n1cc(Cl)c(=O)[nH]c1=O. The van der Waals surface area contributed by atoms with Crippen LogP contribution in [0.1, 0.15) is 6.23 Å². The molecule has 98 valence electrons. The second-order valence-corrected chi connectivity index (χ2v) is 4.28. The predicted octanol–water partition coefficient (Wildman–Crippen LogP) is -1.00. The highest BCUT2D eigenvalue weighted by Crippen LogP contribution is 2.31. The number of ether oxygens (including phenoxy) is 1. The number of nitrogens with zero attached hydrogens (tertiary/aromatic N) is 1. The topological polar surface area (TPSA) is 105 Å². The van der Waals surface area contributed by atoms with Crippen molar-refractivity contribution in [1.29, 1.82) is 0 Å². The van der Waals surface area contributed by atoms with Crippen LogP contribution in [0.4, 0.5) is 0 Å². The molecule has 0 amide bonds. The molecule has 18 heavy (non-hydrogen) atoms. The zero-order valence-corrected chi connectivity index (χ0v) is 9.92. The van der Waals surface area contributed by atoms with Gasteiger partial charge in [-0.05, 0) is 0 Å². The normalized spacial score (nSPS) is 27.7. The fourth-order valence-corrected chi connectivity index (χ4v) is 1.89. The van der Waals surface area contributed by atoms with Crippen molar-refractivity contribution >= 4 is 11.6 Å². The molecule has 1 aliphatic rings. The van der Waals surface area contributed by atoms with Crippen LogP contribution in [0.15, 0.2) is 27.9 Å². The first-order valence-corrected chi connectivity index (χ1v) is 5.47. The molecule has 1 fully saturated rings. The van der Waals surface area contributed by atoms with Gasteiger partial charge in [-0.15, -0.1) is 0 Å². The largest absolute Gasteiger partial charge is 0.394 e. The van der Waals surface area contributed by atoms with Crippen LogP contribution in [0, 0.1) is 0 Å². The molecule has 7 nitrogen and oxygen atoms in total. The van der Waals surface area contributed by atoms with E-state index in [0.717, 1.165) is 10.8 Å². The molecule has 2 heterocycles. The summed E-state index contributed by atoms with van der Waals surface area (Å²) in [6.45, 7) is 3.19. The minimum Gasteiger partial charge on any atom is -0.394 e. The Hall–Kier alpha value is -1.41. The third kappa shape index (κ3) is 2.01. The Morgan fingerprint density at radius 1 is 1.56 bits per heavy atom. The Balaban J connectivity index is 2.45. The predicted molar refractivity (Wildman–Crippen MR) is 62.5 cm³/mol. The Kier molecular flexibility index (Phi) is 3.40. The van der Waals surface area contributed by atoms with Gasteiger partial charge in [0.05, 0.1) is 6.61 Å². The first-order chi connectivity index (χ1) is 8.45. The molecular weight excluding hydrogens is 264 g/mol. The first-order valence-electron chi connectivity index (χ1n) is 5.09. The van der Waals surface area contributed by atoms with Gasteiger partial charge in [-0.1, -0.05) is 18.2 Å². The number of hydrogen-bond acceptors (Lipinski definition) is 5. The Morgan fingerprint density at radius 3 is 2.78 bits per heavy atom. The summed E-state index contributed by atoms with van der Waals surface area (Å²) in [6.07, 6.45) is -1.82. The van der Waals surface area contributed by atoms with Gasteiger partial charge in [0.15, 0.2) is 6.23 Å². The van der Waals surface area contributed by atoms with E-state index in [1.807, 2.05) is 4.98 Å². The zero-order chi connectivity index (χ0) is 13.4. The molecule has 3 atom stereocenters. The number of aromatic amines is 1. The molecule has 2 rings (SSSR count). The molecule has 0 aromatic carbocycles. The number of aliphatic hydroxyl groups is 2. The van der Waals surface area contributed by atoms with Gasteiger partial charge in [-0.2, -0.15) is 0 Å². The van der Waals surface area contributed by atoms with Gasteiger partial charge in [-0.25, -0.2) is 4.79 Å². The number of halogens is 1. The number of H-pyrrole nitrogens is 1. The molecular formula is C10H11ClN2O5. The summed E-state index contributed by atoms with van der Waals surface area (Å²) in [7, 11) is 0. The fraction of sp³-hybridized carbons (Fsp3) is 0.400. The van der Waals surface area contributed by atoms with Crippen molar-refractivity contribution in [2.24, 2.45) is 0 Å². The number of nitrogens with one attached hydrogen (secondary N) is 1. The van der Waals surface area contributed by atoms with Gasteiger partial charge in [0, 0.05) is 11.8 Å². The highest BCUT2D eigenvalue weighted by atomic mass is 35.5. The monoisotopic (exact) mass is 274 g/mol. The zero-order valence-electron chi connectivity index (χ0n) is 9.17. The molecule has 0 spiro atoms. The third-order valence-electron chi connectivity index (χ3n) is 2.71. The van der Waals surface area contributed by atoms with Crippen LogP contribution in [0.2, 0.25) is 5.02 Å². The molecule has 0 aliphatic carbocycles. The van der Waals surface area contributed by atoms with Crippen LogP contribution >= 0.6 is 11.6 Å². The van der Waals surface area contributed by atoms with Crippen LogP contribution in [0.25, 0.3) is 0 Å². The van der Waals surface area contributed by atoms with Crippen molar-refractivity contribution < 1.29 is 14.9 Å². The maximum Gasteiger partial charge on any atom is 0.330 e. The second kappa shape index (κ2) is 4.69. The van der Waals surface area contributed by atoms with E-state index < -0.39 is 36.3 Å². The minimum atomic E-state index is -1.09. The summed E-state index contributed by atoms with van der Waals surface area (Å²) in [6, 6.07) is 0. The van der Waals surface area contributed by atoms with E-state index >= 15 is 0 Å². The maximum atomic E-state index is 11.6. The van der Waals surface area contributed by atoms with E-state index in [0.29, 0.717) is 0 Å².